The Labute approximate surface area is 301 Å². The van der Waals surface area contributed by atoms with E-state index in [4.69, 9.17) is 4.42 Å². The molecule has 0 N–H and O–H groups in total. The number of para-hydroxylation sites is 3. The normalized spacial score (nSPS) is 13.3. The van der Waals surface area contributed by atoms with E-state index in [0.29, 0.717) is 0 Å². The summed E-state index contributed by atoms with van der Waals surface area (Å²) in [6, 6.07) is 61.5. The summed E-state index contributed by atoms with van der Waals surface area (Å²) in [6.45, 7) is 4.68. The monoisotopic (exact) mass is 666 g/mol. The second kappa shape index (κ2) is 10.7. The lowest BCUT2D eigenvalue weighted by Crippen LogP contribution is -2.16. The van der Waals surface area contributed by atoms with Crippen molar-refractivity contribution in [2.24, 2.45) is 0 Å². The molecule has 0 atom stereocenters. The summed E-state index contributed by atoms with van der Waals surface area (Å²) in [5, 5.41) is 6.99. The molecule has 0 spiro atoms. The number of furan rings is 1. The van der Waals surface area contributed by atoms with Gasteiger partial charge in [-0.1, -0.05) is 123 Å². The van der Waals surface area contributed by atoms with Gasteiger partial charge in [-0.05, 0) is 76.9 Å². The van der Waals surface area contributed by atoms with Gasteiger partial charge in [0.15, 0.2) is 0 Å². The number of anilines is 3. The summed E-state index contributed by atoms with van der Waals surface area (Å²) in [6.07, 6.45) is 0. The zero-order chi connectivity index (χ0) is 34.6. The fourth-order valence-electron chi connectivity index (χ4n) is 8.93. The third-order valence-electron chi connectivity index (χ3n) is 11.4. The van der Waals surface area contributed by atoms with E-state index in [1.165, 1.54) is 44.1 Å². The maximum absolute atomic E-state index is 6.89. The molecule has 52 heavy (non-hydrogen) atoms. The quantitative estimate of drug-likeness (QED) is 0.186. The second-order valence-electron chi connectivity index (χ2n) is 14.5. The molecule has 0 fully saturated rings. The molecule has 2 aromatic heterocycles. The highest BCUT2D eigenvalue weighted by Gasteiger charge is 2.35. The van der Waals surface area contributed by atoms with Crippen LogP contribution in [0.5, 0.6) is 0 Å². The molecule has 3 nitrogen and oxygen atoms in total. The summed E-state index contributed by atoms with van der Waals surface area (Å²) < 4.78 is 9.31. The summed E-state index contributed by atoms with van der Waals surface area (Å²) in [5.41, 5.74) is 13.9. The van der Waals surface area contributed by atoms with Crippen LogP contribution in [-0.2, 0) is 5.41 Å². The Balaban J connectivity index is 1.13. The highest BCUT2D eigenvalue weighted by Crippen LogP contribution is 2.51. The Morgan fingerprint density at radius 1 is 0.442 bits per heavy atom. The van der Waals surface area contributed by atoms with Crippen LogP contribution in [-0.4, -0.2) is 4.57 Å². The van der Waals surface area contributed by atoms with Crippen molar-refractivity contribution in [3.05, 3.63) is 181 Å². The van der Waals surface area contributed by atoms with Crippen molar-refractivity contribution < 1.29 is 4.42 Å². The van der Waals surface area contributed by atoms with Gasteiger partial charge in [-0.25, -0.2) is 0 Å². The fraction of sp³-hybridized carbons (Fsp3) is 0.0612. The summed E-state index contributed by atoms with van der Waals surface area (Å²) in [7, 11) is 0. The zero-order valence-corrected chi connectivity index (χ0v) is 29.0. The van der Waals surface area contributed by atoms with E-state index < -0.39 is 0 Å². The maximum Gasteiger partial charge on any atom is 0.143 e. The van der Waals surface area contributed by atoms with Gasteiger partial charge in [0.05, 0.1) is 16.7 Å². The largest absolute Gasteiger partial charge is 0.455 e. The second-order valence-corrected chi connectivity index (χ2v) is 14.5. The van der Waals surface area contributed by atoms with Gasteiger partial charge in [-0.2, -0.15) is 0 Å². The van der Waals surface area contributed by atoms with Crippen molar-refractivity contribution in [1.82, 2.24) is 4.57 Å². The van der Waals surface area contributed by atoms with Crippen molar-refractivity contribution in [2.45, 2.75) is 19.3 Å². The molecule has 0 radical (unpaired) electrons. The van der Waals surface area contributed by atoms with Gasteiger partial charge in [0.2, 0.25) is 0 Å². The van der Waals surface area contributed by atoms with Crippen LogP contribution in [0, 0.1) is 0 Å². The molecule has 3 heteroatoms. The highest BCUT2D eigenvalue weighted by molar-refractivity contribution is 6.19. The maximum atomic E-state index is 6.89. The molecule has 0 unspecified atom stereocenters. The number of rotatable bonds is 4. The van der Waals surface area contributed by atoms with Crippen LogP contribution in [0.15, 0.2) is 174 Å². The third kappa shape index (κ3) is 4.02. The number of aromatic nitrogens is 1. The number of nitrogens with zero attached hydrogens (tertiary/aromatic N) is 2. The Morgan fingerprint density at radius 2 is 1.04 bits per heavy atom. The van der Waals surface area contributed by atoms with Gasteiger partial charge >= 0.3 is 0 Å². The van der Waals surface area contributed by atoms with Gasteiger partial charge in [0, 0.05) is 60.9 Å². The third-order valence-corrected chi connectivity index (χ3v) is 11.4. The summed E-state index contributed by atoms with van der Waals surface area (Å²) >= 11 is 0. The molecule has 246 valence electrons. The standard InChI is InChI=1S/C49H34N2O/c1-49(2)42-21-11-8-16-34(42)35-26-24-32(28-43(35)49)50(31-14-4-3-5-15-31)33-25-27-39-41-30-46(38-19-6-7-20-40(38)48(41)52-47(39)29-33)51-44-22-12-9-17-36(44)37-18-10-13-23-45(37)51/h3-30H,1-2H3. The Hall–Kier alpha value is -6.58. The van der Waals surface area contributed by atoms with Gasteiger partial charge in [0.25, 0.3) is 0 Å². The van der Waals surface area contributed by atoms with Gasteiger partial charge < -0.3 is 13.9 Å². The highest BCUT2D eigenvalue weighted by atomic mass is 16.3. The molecule has 11 rings (SSSR count). The first-order valence-electron chi connectivity index (χ1n) is 18.0. The lowest BCUT2D eigenvalue weighted by atomic mass is 9.82. The molecular formula is C49H34N2O. The van der Waals surface area contributed by atoms with E-state index in [2.05, 4.69) is 193 Å². The smallest absolute Gasteiger partial charge is 0.143 e. The van der Waals surface area contributed by atoms with Crippen molar-refractivity contribution >= 4 is 71.6 Å². The first-order valence-corrected chi connectivity index (χ1v) is 18.0. The topological polar surface area (TPSA) is 21.3 Å². The van der Waals surface area contributed by atoms with Crippen molar-refractivity contribution in [3.8, 4) is 16.8 Å². The van der Waals surface area contributed by atoms with Crippen LogP contribution in [0.3, 0.4) is 0 Å². The molecule has 10 aromatic rings. The first-order chi connectivity index (χ1) is 25.6. The number of fused-ring (bicyclic) bond motifs is 11. The average molecular weight is 667 g/mol. The SMILES string of the molecule is CC1(C)c2ccccc2-c2ccc(N(c3ccccc3)c3ccc4c(c3)oc3c5ccccc5c(-n5c6ccccc6c6ccccc65)cc43)cc21. The minimum atomic E-state index is -0.0951. The van der Waals surface area contributed by atoms with Crippen molar-refractivity contribution in [2.75, 3.05) is 4.90 Å². The van der Waals surface area contributed by atoms with Gasteiger partial charge in [0.1, 0.15) is 11.2 Å². The first kappa shape index (κ1) is 29.2. The molecule has 1 aliphatic rings. The molecule has 0 amide bonds. The summed E-state index contributed by atoms with van der Waals surface area (Å²) in [4.78, 5) is 2.35. The van der Waals surface area contributed by atoms with E-state index >= 15 is 0 Å². The molecule has 2 heterocycles. The Kier molecular flexibility index (Phi) is 6.01. The van der Waals surface area contributed by atoms with Crippen molar-refractivity contribution in [3.63, 3.8) is 0 Å². The van der Waals surface area contributed by atoms with Crippen LogP contribution in [0.2, 0.25) is 0 Å². The Bertz CT molecular complexity index is 3000. The Morgan fingerprint density at radius 3 is 1.81 bits per heavy atom. The molecule has 0 saturated carbocycles. The lowest BCUT2D eigenvalue weighted by Gasteiger charge is -2.28. The minimum Gasteiger partial charge on any atom is -0.455 e. The molecule has 1 aliphatic carbocycles. The van der Waals surface area contributed by atoms with Crippen LogP contribution >= 0.6 is 0 Å². The van der Waals surface area contributed by atoms with E-state index in [1.807, 2.05) is 0 Å². The van der Waals surface area contributed by atoms with Gasteiger partial charge in [-0.15, -0.1) is 0 Å². The fourth-order valence-corrected chi connectivity index (χ4v) is 8.93. The van der Waals surface area contributed by atoms with Gasteiger partial charge in [-0.3, -0.25) is 0 Å². The van der Waals surface area contributed by atoms with E-state index in [9.17, 15) is 0 Å². The number of hydrogen-bond donors (Lipinski definition) is 0. The summed E-state index contributed by atoms with van der Waals surface area (Å²) in [5.74, 6) is 0. The molecule has 0 aliphatic heterocycles. The molecule has 8 aromatic carbocycles. The van der Waals surface area contributed by atoms with Crippen LogP contribution in [0.4, 0.5) is 17.1 Å². The lowest BCUT2D eigenvalue weighted by molar-refractivity contribution is 0.660. The van der Waals surface area contributed by atoms with Crippen LogP contribution in [0.1, 0.15) is 25.0 Å². The van der Waals surface area contributed by atoms with Crippen LogP contribution in [0.25, 0.3) is 71.3 Å². The van der Waals surface area contributed by atoms with Crippen molar-refractivity contribution in [1.29, 1.82) is 0 Å². The molecular weight excluding hydrogens is 633 g/mol. The number of hydrogen-bond acceptors (Lipinski definition) is 2. The zero-order valence-electron chi connectivity index (χ0n) is 29.0. The molecule has 0 saturated heterocycles. The molecule has 0 bridgehead atoms. The van der Waals surface area contributed by atoms with E-state index in [0.717, 1.165) is 55.5 Å². The average Bonchev–Trinajstić information content (AvgIpc) is 3.80. The predicted octanol–water partition coefficient (Wildman–Crippen LogP) is 13.6. The van der Waals surface area contributed by atoms with E-state index in [1.54, 1.807) is 0 Å². The number of benzene rings is 8. The predicted molar refractivity (Wildman–Crippen MR) is 218 cm³/mol. The van der Waals surface area contributed by atoms with E-state index in [-0.39, 0.29) is 5.41 Å². The van der Waals surface area contributed by atoms with Crippen LogP contribution < -0.4 is 4.90 Å². The minimum absolute atomic E-state index is 0.0951.